The molecular weight excluding hydrogens is 260 g/mol. The van der Waals surface area contributed by atoms with Crippen molar-refractivity contribution in [1.82, 2.24) is 4.90 Å². The SMILES string of the molecule is CC1CCC(N)C(C(=O)N2CCCC(C(C)(C)C)CC2)C1. The van der Waals surface area contributed by atoms with Crippen LogP contribution < -0.4 is 5.73 Å². The third-order valence-corrected chi connectivity index (χ3v) is 5.75. The second kappa shape index (κ2) is 6.68. The second-order valence-electron chi connectivity index (χ2n) is 8.51. The second-order valence-corrected chi connectivity index (χ2v) is 8.51. The van der Waals surface area contributed by atoms with Crippen LogP contribution in [0.5, 0.6) is 0 Å². The van der Waals surface area contributed by atoms with Gasteiger partial charge in [0.15, 0.2) is 0 Å². The van der Waals surface area contributed by atoms with Gasteiger partial charge in [-0.05, 0) is 55.8 Å². The summed E-state index contributed by atoms with van der Waals surface area (Å²) in [6.45, 7) is 11.1. The van der Waals surface area contributed by atoms with E-state index in [-0.39, 0.29) is 12.0 Å². The number of nitrogens with zero attached hydrogens (tertiary/aromatic N) is 1. The molecule has 0 aromatic carbocycles. The highest BCUT2D eigenvalue weighted by Crippen LogP contribution is 2.35. The minimum atomic E-state index is 0.0694. The summed E-state index contributed by atoms with van der Waals surface area (Å²) in [5.74, 6) is 1.78. The summed E-state index contributed by atoms with van der Waals surface area (Å²) >= 11 is 0. The van der Waals surface area contributed by atoms with E-state index in [2.05, 4.69) is 32.6 Å². The van der Waals surface area contributed by atoms with E-state index in [9.17, 15) is 4.79 Å². The highest BCUT2D eigenvalue weighted by Gasteiger charge is 2.35. The van der Waals surface area contributed by atoms with Crippen LogP contribution in [0.15, 0.2) is 0 Å². The van der Waals surface area contributed by atoms with E-state index in [1.54, 1.807) is 0 Å². The van der Waals surface area contributed by atoms with Gasteiger partial charge >= 0.3 is 0 Å². The number of nitrogens with two attached hydrogens (primary N) is 1. The zero-order valence-electron chi connectivity index (χ0n) is 14.4. The molecule has 1 amide bonds. The van der Waals surface area contributed by atoms with E-state index >= 15 is 0 Å². The molecule has 1 heterocycles. The standard InChI is InChI=1S/C18H34N2O/c1-13-7-8-16(19)15(12-13)17(21)20-10-5-6-14(9-11-20)18(2,3)4/h13-16H,5-12,19H2,1-4H3. The van der Waals surface area contributed by atoms with Gasteiger partial charge in [0.1, 0.15) is 0 Å². The molecule has 1 aliphatic heterocycles. The number of carbonyl (C=O) groups is 1. The van der Waals surface area contributed by atoms with Crippen molar-refractivity contribution in [1.29, 1.82) is 0 Å². The van der Waals surface area contributed by atoms with Gasteiger partial charge in [0.05, 0.1) is 5.92 Å². The molecule has 3 nitrogen and oxygen atoms in total. The van der Waals surface area contributed by atoms with Crippen molar-refractivity contribution in [3.8, 4) is 0 Å². The highest BCUT2D eigenvalue weighted by molar-refractivity contribution is 5.79. The monoisotopic (exact) mass is 294 g/mol. The molecule has 1 aliphatic carbocycles. The van der Waals surface area contributed by atoms with Crippen LogP contribution in [0.4, 0.5) is 0 Å². The molecule has 3 heteroatoms. The molecule has 1 saturated heterocycles. The Labute approximate surface area is 130 Å². The van der Waals surface area contributed by atoms with Crippen LogP contribution in [0.25, 0.3) is 0 Å². The summed E-state index contributed by atoms with van der Waals surface area (Å²) in [5.41, 5.74) is 6.59. The molecule has 0 radical (unpaired) electrons. The van der Waals surface area contributed by atoms with E-state index in [4.69, 9.17) is 5.73 Å². The van der Waals surface area contributed by atoms with Crippen molar-refractivity contribution in [2.75, 3.05) is 13.1 Å². The molecule has 4 atom stereocenters. The van der Waals surface area contributed by atoms with Crippen LogP contribution in [0.1, 0.15) is 66.2 Å². The van der Waals surface area contributed by atoms with E-state index < -0.39 is 0 Å². The summed E-state index contributed by atoms with van der Waals surface area (Å²) in [7, 11) is 0. The van der Waals surface area contributed by atoms with Crippen molar-refractivity contribution in [3.63, 3.8) is 0 Å². The largest absolute Gasteiger partial charge is 0.342 e. The maximum absolute atomic E-state index is 12.9. The molecule has 2 rings (SSSR count). The maximum atomic E-state index is 12.9. The maximum Gasteiger partial charge on any atom is 0.227 e. The minimum Gasteiger partial charge on any atom is -0.342 e. The van der Waals surface area contributed by atoms with Gasteiger partial charge in [0, 0.05) is 19.1 Å². The van der Waals surface area contributed by atoms with Gasteiger partial charge in [-0.15, -0.1) is 0 Å². The first-order valence-electron chi connectivity index (χ1n) is 8.83. The number of hydrogen-bond acceptors (Lipinski definition) is 2. The Morgan fingerprint density at radius 2 is 1.81 bits per heavy atom. The van der Waals surface area contributed by atoms with E-state index in [1.807, 2.05) is 0 Å². The number of amides is 1. The van der Waals surface area contributed by atoms with Crippen molar-refractivity contribution in [2.45, 2.75) is 72.3 Å². The zero-order chi connectivity index (χ0) is 15.6. The van der Waals surface area contributed by atoms with Crippen molar-refractivity contribution < 1.29 is 4.79 Å². The summed E-state index contributed by atoms with van der Waals surface area (Å²) in [6, 6.07) is 0.0790. The van der Waals surface area contributed by atoms with Gasteiger partial charge in [0.2, 0.25) is 5.91 Å². The first-order valence-corrected chi connectivity index (χ1v) is 8.83. The van der Waals surface area contributed by atoms with Gasteiger partial charge in [-0.3, -0.25) is 4.79 Å². The molecule has 2 aliphatic rings. The topological polar surface area (TPSA) is 46.3 Å². The normalized spacial score (nSPS) is 35.4. The lowest BCUT2D eigenvalue weighted by molar-refractivity contribution is -0.137. The van der Waals surface area contributed by atoms with Gasteiger partial charge < -0.3 is 10.6 Å². The molecule has 122 valence electrons. The zero-order valence-corrected chi connectivity index (χ0v) is 14.4. The molecule has 0 aromatic rings. The predicted octanol–water partition coefficient (Wildman–Crippen LogP) is 3.42. The van der Waals surface area contributed by atoms with Crippen LogP contribution in [0.3, 0.4) is 0 Å². The van der Waals surface area contributed by atoms with E-state index in [0.29, 0.717) is 17.2 Å². The fourth-order valence-electron chi connectivity index (χ4n) is 4.11. The summed E-state index contributed by atoms with van der Waals surface area (Å²) in [6.07, 6.45) is 6.71. The van der Waals surface area contributed by atoms with Crippen molar-refractivity contribution >= 4 is 5.91 Å². The number of likely N-dealkylation sites (tertiary alicyclic amines) is 1. The number of carbonyl (C=O) groups excluding carboxylic acids is 1. The smallest absolute Gasteiger partial charge is 0.227 e. The van der Waals surface area contributed by atoms with Crippen molar-refractivity contribution in [3.05, 3.63) is 0 Å². The molecule has 2 N–H and O–H groups in total. The Kier molecular flexibility index (Phi) is 5.34. The third kappa shape index (κ3) is 4.21. The van der Waals surface area contributed by atoms with E-state index in [1.165, 1.54) is 12.8 Å². The molecule has 0 bridgehead atoms. The third-order valence-electron chi connectivity index (χ3n) is 5.75. The average molecular weight is 294 g/mol. The van der Waals surface area contributed by atoms with Gasteiger partial charge in [0.25, 0.3) is 0 Å². The lowest BCUT2D eigenvalue weighted by Gasteiger charge is -2.35. The first-order chi connectivity index (χ1) is 9.79. The summed E-state index contributed by atoms with van der Waals surface area (Å²) in [4.78, 5) is 15.0. The first kappa shape index (κ1) is 16.8. The van der Waals surface area contributed by atoms with Crippen LogP contribution in [0.2, 0.25) is 0 Å². The Morgan fingerprint density at radius 1 is 1.10 bits per heavy atom. The Hall–Kier alpha value is -0.570. The van der Waals surface area contributed by atoms with Gasteiger partial charge in [-0.1, -0.05) is 27.7 Å². The molecule has 0 spiro atoms. The quantitative estimate of drug-likeness (QED) is 0.805. The van der Waals surface area contributed by atoms with Crippen LogP contribution in [-0.4, -0.2) is 29.9 Å². The van der Waals surface area contributed by atoms with Crippen LogP contribution in [0, 0.1) is 23.2 Å². The molecule has 2 fully saturated rings. The van der Waals surface area contributed by atoms with E-state index in [0.717, 1.165) is 44.7 Å². The highest BCUT2D eigenvalue weighted by atomic mass is 16.2. The fraction of sp³-hybridized carbons (Fsp3) is 0.944. The lowest BCUT2D eigenvalue weighted by Crippen LogP contribution is -2.47. The van der Waals surface area contributed by atoms with Crippen molar-refractivity contribution in [2.24, 2.45) is 28.9 Å². The molecule has 0 aromatic heterocycles. The summed E-state index contributed by atoms with van der Waals surface area (Å²) in [5, 5.41) is 0. The molecule has 4 unspecified atom stereocenters. The average Bonchev–Trinajstić information content (AvgIpc) is 2.66. The fourth-order valence-corrected chi connectivity index (χ4v) is 4.11. The van der Waals surface area contributed by atoms with Crippen LogP contribution >= 0.6 is 0 Å². The summed E-state index contributed by atoms with van der Waals surface area (Å²) < 4.78 is 0. The minimum absolute atomic E-state index is 0.0694. The number of hydrogen-bond donors (Lipinski definition) is 1. The predicted molar refractivity (Wildman–Crippen MR) is 87.9 cm³/mol. The van der Waals surface area contributed by atoms with Gasteiger partial charge in [-0.2, -0.15) is 0 Å². The Bertz CT molecular complexity index is 361. The Morgan fingerprint density at radius 3 is 2.48 bits per heavy atom. The van der Waals surface area contributed by atoms with Crippen LogP contribution in [-0.2, 0) is 4.79 Å². The molecule has 21 heavy (non-hydrogen) atoms. The molecular formula is C18H34N2O. The Balaban J connectivity index is 1.96. The lowest BCUT2D eigenvalue weighted by atomic mass is 9.76. The number of rotatable bonds is 1. The molecule has 1 saturated carbocycles. The van der Waals surface area contributed by atoms with Gasteiger partial charge in [-0.25, -0.2) is 0 Å².